The number of anilines is 1. The van der Waals surface area contributed by atoms with Crippen LogP contribution in [-0.4, -0.2) is 52.5 Å². The maximum absolute atomic E-state index is 6.15. The molecule has 1 aliphatic rings. The Kier molecular flexibility index (Phi) is 3.20. The van der Waals surface area contributed by atoms with E-state index in [0.29, 0.717) is 5.02 Å². The Morgan fingerprint density at radius 1 is 1.09 bits per heavy atom. The highest BCUT2D eigenvalue weighted by atomic mass is 35.5. The van der Waals surface area contributed by atoms with Crippen LogP contribution in [0.15, 0.2) is 24.4 Å². The lowest BCUT2D eigenvalue weighted by Gasteiger charge is -2.33. The largest absolute Gasteiger partial charge is 0.351 e. The molecule has 22 heavy (non-hydrogen) atoms. The predicted octanol–water partition coefficient (Wildman–Crippen LogP) is 2.60. The average Bonchev–Trinajstić information content (AvgIpc) is 2.88. The van der Waals surface area contributed by atoms with Gasteiger partial charge in [0.05, 0.1) is 16.7 Å². The van der Waals surface area contributed by atoms with Gasteiger partial charge in [-0.1, -0.05) is 11.6 Å². The molecule has 1 aromatic carbocycles. The lowest BCUT2D eigenvalue weighted by molar-refractivity contribution is 0.312. The maximum Gasteiger partial charge on any atom is 0.181 e. The molecule has 0 spiro atoms. The Morgan fingerprint density at radius 2 is 1.86 bits per heavy atom. The van der Waals surface area contributed by atoms with Crippen LogP contribution in [0.5, 0.6) is 0 Å². The fourth-order valence-corrected chi connectivity index (χ4v) is 3.19. The first-order valence-corrected chi connectivity index (χ1v) is 7.88. The average molecular weight is 316 g/mol. The second-order valence-electron chi connectivity index (χ2n) is 5.93. The van der Waals surface area contributed by atoms with Crippen LogP contribution in [0.3, 0.4) is 0 Å². The Morgan fingerprint density at radius 3 is 2.64 bits per heavy atom. The van der Waals surface area contributed by atoms with E-state index in [9.17, 15) is 0 Å². The number of piperazine rings is 1. The van der Waals surface area contributed by atoms with E-state index < -0.39 is 0 Å². The highest BCUT2D eigenvalue weighted by Crippen LogP contribution is 2.27. The van der Waals surface area contributed by atoms with Crippen LogP contribution in [0.1, 0.15) is 5.69 Å². The number of benzene rings is 1. The maximum atomic E-state index is 6.15. The first-order valence-electron chi connectivity index (χ1n) is 7.50. The van der Waals surface area contributed by atoms with Crippen LogP contribution >= 0.6 is 11.6 Å². The van der Waals surface area contributed by atoms with Crippen molar-refractivity contribution >= 4 is 34.1 Å². The quantitative estimate of drug-likeness (QED) is 0.691. The summed E-state index contributed by atoms with van der Waals surface area (Å²) in [6.45, 7) is 6.04. The number of halogens is 1. The highest BCUT2D eigenvalue weighted by Gasteiger charge is 2.20. The third-order valence-corrected chi connectivity index (χ3v) is 4.49. The Balaban J connectivity index is 1.95. The van der Waals surface area contributed by atoms with E-state index in [-0.39, 0.29) is 0 Å². The molecule has 0 atom stereocenters. The van der Waals surface area contributed by atoms with Crippen molar-refractivity contribution in [3.8, 4) is 0 Å². The summed E-state index contributed by atoms with van der Waals surface area (Å²) < 4.78 is 2.13. The summed E-state index contributed by atoms with van der Waals surface area (Å²) >= 11 is 6.15. The van der Waals surface area contributed by atoms with Crippen LogP contribution in [0, 0.1) is 6.92 Å². The van der Waals surface area contributed by atoms with E-state index in [2.05, 4.69) is 27.4 Å². The summed E-state index contributed by atoms with van der Waals surface area (Å²) in [5, 5.41) is 0.709. The summed E-state index contributed by atoms with van der Waals surface area (Å²) in [4.78, 5) is 14.2. The van der Waals surface area contributed by atoms with Crippen molar-refractivity contribution in [3.63, 3.8) is 0 Å². The first-order chi connectivity index (χ1) is 10.6. The van der Waals surface area contributed by atoms with Crippen LogP contribution in [0.4, 0.5) is 5.82 Å². The van der Waals surface area contributed by atoms with Gasteiger partial charge in [0, 0.05) is 37.4 Å². The molecule has 0 N–H and O–H groups in total. The molecule has 2 aromatic heterocycles. The lowest BCUT2D eigenvalue weighted by atomic mass is 10.3. The molecule has 4 rings (SSSR count). The van der Waals surface area contributed by atoms with Crippen LogP contribution in [0.2, 0.25) is 5.02 Å². The van der Waals surface area contributed by atoms with Gasteiger partial charge in [0.1, 0.15) is 0 Å². The Hall–Kier alpha value is -1.85. The van der Waals surface area contributed by atoms with Crippen molar-refractivity contribution in [2.24, 2.45) is 0 Å². The number of nitrogens with zero attached hydrogens (tertiary/aromatic N) is 5. The zero-order valence-corrected chi connectivity index (χ0v) is 13.5. The molecule has 0 bridgehead atoms. The molecule has 0 amide bonds. The minimum atomic E-state index is 0.709. The minimum Gasteiger partial charge on any atom is -0.351 e. The number of rotatable bonds is 1. The van der Waals surface area contributed by atoms with Crippen molar-refractivity contribution in [1.82, 2.24) is 19.3 Å². The van der Waals surface area contributed by atoms with Gasteiger partial charge in [-0.2, -0.15) is 0 Å². The minimum absolute atomic E-state index is 0.709. The molecule has 0 radical (unpaired) electrons. The Labute approximate surface area is 134 Å². The molecule has 1 saturated heterocycles. The number of aromatic nitrogens is 3. The summed E-state index contributed by atoms with van der Waals surface area (Å²) in [5.74, 6) is 0.955. The van der Waals surface area contributed by atoms with Gasteiger partial charge in [0.15, 0.2) is 11.5 Å². The van der Waals surface area contributed by atoms with Gasteiger partial charge in [0.25, 0.3) is 0 Å². The molecular formula is C16H18ClN5. The summed E-state index contributed by atoms with van der Waals surface area (Å²) in [6.07, 6.45) is 2.06. The van der Waals surface area contributed by atoms with Gasteiger partial charge in [-0.3, -0.25) is 4.40 Å². The van der Waals surface area contributed by atoms with Crippen molar-refractivity contribution in [3.05, 3.63) is 35.1 Å². The van der Waals surface area contributed by atoms with Gasteiger partial charge in [-0.05, 0) is 32.2 Å². The normalized spacial score (nSPS) is 16.8. The zero-order chi connectivity index (χ0) is 15.3. The third kappa shape index (κ3) is 2.21. The molecular weight excluding hydrogens is 298 g/mol. The molecule has 6 heteroatoms. The second kappa shape index (κ2) is 5.11. The molecule has 114 valence electrons. The van der Waals surface area contributed by atoms with Crippen molar-refractivity contribution in [2.75, 3.05) is 38.1 Å². The van der Waals surface area contributed by atoms with Gasteiger partial charge in [0.2, 0.25) is 0 Å². The number of hydrogen-bond donors (Lipinski definition) is 0. The van der Waals surface area contributed by atoms with Crippen molar-refractivity contribution in [1.29, 1.82) is 0 Å². The number of imidazole rings is 1. The monoisotopic (exact) mass is 315 g/mol. The number of fused-ring (bicyclic) bond motifs is 3. The van der Waals surface area contributed by atoms with Crippen LogP contribution in [0.25, 0.3) is 16.7 Å². The molecule has 5 nitrogen and oxygen atoms in total. The Bertz CT molecular complexity index is 848. The van der Waals surface area contributed by atoms with E-state index in [4.69, 9.17) is 21.6 Å². The molecule has 0 aliphatic carbocycles. The number of hydrogen-bond acceptors (Lipinski definition) is 4. The highest BCUT2D eigenvalue weighted by molar-refractivity contribution is 6.31. The van der Waals surface area contributed by atoms with E-state index >= 15 is 0 Å². The van der Waals surface area contributed by atoms with Gasteiger partial charge < -0.3 is 9.80 Å². The van der Waals surface area contributed by atoms with Crippen molar-refractivity contribution in [2.45, 2.75) is 6.92 Å². The number of aryl methyl sites for hydroxylation is 1. The topological polar surface area (TPSA) is 36.7 Å². The van der Waals surface area contributed by atoms with E-state index in [1.165, 1.54) is 0 Å². The van der Waals surface area contributed by atoms with Gasteiger partial charge in [-0.15, -0.1) is 0 Å². The molecule has 1 aliphatic heterocycles. The molecule has 3 heterocycles. The molecule has 1 fully saturated rings. The van der Waals surface area contributed by atoms with E-state index in [1.54, 1.807) is 0 Å². The van der Waals surface area contributed by atoms with Crippen molar-refractivity contribution < 1.29 is 0 Å². The summed E-state index contributed by atoms with van der Waals surface area (Å²) in [7, 11) is 2.15. The standard InChI is InChI=1S/C16H18ClN5/c1-11-10-22-14-4-3-12(17)9-13(14)19-15(16(22)18-11)21-7-5-20(2)6-8-21/h3-4,9-10H,5-8H2,1-2H3. The van der Waals surface area contributed by atoms with Crippen LogP contribution in [-0.2, 0) is 0 Å². The smallest absolute Gasteiger partial charge is 0.181 e. The fourth-order valence-electron chi connectivity index (χ4n) is 3.02. The van der Waals surface area contributed by atoms with Gasteiger partial charge in [-0.25, -0.2) is 9.97 Å². The molecule has 0 saturated carbocycles. The molecule has 3 aromatic rings. The summed E-state index contributed by atoms with van der Waals surface area (Å²) in [6, 6.07) is 5.83. The predicted molar refractivity (Wildman–Crippen MR) is 90.0 cm³/mol. The SMILES string of the molecule is Cc1cn2c(n1)c(N1CCN(C)CC1)nc1cc(Cl)ccc12. The van der Waals surface area contributed by atoms with Gasteiger partial charge >= 0.3 is 0 Å². The zero-order valence-electron chi connectivity index (χ0n) is 12.8. The first kappa shape index (κ1) is 13.8. The second-order valence-corrected chi connectivity index (χ2v) is 6.37. The number of likely N-dealkylation sites (N-methyl/N-ethyl adjacent to an activating group) is 1. The van der Waals surface area contributed by atoms with E-state index in [0.717, 1.165) is 54.4 Å². The lowest BCUT2D eigenvalue weighted by Crippen LogP contribution is -2.45. The third-order valence-electron chi connectivity index (χ3n) is 4.25. The summed E-state index contributed by atoms with van der Waals surface area (Å²) in [5.41, 5.74) is 3.88. The van der Waals surface area contributed by atoms with E-state index in [1.807, 2.05) is 25.1 Å². The fraction of sp³-hybridized carbons (Fsp3) is 0.375. The van der Waals surface area contributed by atoms with Crippen LogP contribution < -0.4 is 4.90 Å². The molecule has 0 unspecified atom stereocenters.